The third-order valence-corrected chi connectivity index (χ3v) is 4.24. The Bertz CT molecular complexity index is 939. The van der Waals surface area contributed by atoms with E-state index >= 15 is 0 Å². The summed E-state index contributed by atoms with van der Waals surface area (Å²) < 4.78 is 4.82. The first-order chi connectivity index (χ1) is 12.0. The standard InChI is InChI=1S/C18H20N4O3/c1-4-12-15(18(24)25-3)10(2)16(22-12)17(23)19-8-11-5-6-13-14(7-11)21-9-20-13/h5-7,9,22H,4,8H2,1-3H3,(H,19,23)(H,20,21). The maximum atomic E-state index is 12.5. The fourth-order valence-corrected chi connectivity index (χ4v) is 2.89. The fraction of sp³-hybridized carbons (Fsp3) is 0.278. The molecule has 0 radical (unpaired) electrons. The second-order valence-electron chi connectivity index (χ2n) is 5.76. The number of ether oxygens (including phenoxy) is 1. The summed E-state index contributed by atoms with van der Waals surface area (Å²) in [5.41, 5.74) is 4.89. The Balaban J connectivity index is 1.78. The number of fused-ring (bicyclic) bond motifs is 1. The van der Waals surface area contributed by atoms with Gasteiger partial charge in [0.15, 0.2) is 0 Å². The van der Waals surface area contributed by atoms with Crippen molar-refractivity contribution in [3.63, 3.8) is 0 Å². The van der Waals surface area contributed by atoms with Gasteiger partial charge in [0.25, 0.3) is 5.91 Å². The van der Waals surface area contributed by atoms with Crippen molar-refractivity contribution in [2.45, 2.75) is 26.8 Å². The number of hydrogen-bond donors (Lipinski definition) is 3. The first kappa shape index (κ1) is 16.8. The number of carbonyl (C=O) groups is 2. The fourth-order valence-electron chi connectivity index (χ4n) is 2.89. The summed E-state index contributed by atoms with van der Waals surface area (Å²) in [4.78, 5) is 34.7. The molecule has 2 aromatic heterocycles. The van der Waals surface area contributed by atoms with Crippen LogP contribution in [-0.4, -0.2) is 33.9 Å². The zero-order valence-electron chi connectivity index (χ0n) is 14.4. The molecule has 130 valence electrons. The number of hydrogen-bond acceptors (Lipinski definition) is 4. The number of rotatable bonds is 5. The zero-order chi connectivity index (χ0) is 18.0. The van der Waals surface area contributed by atoms with Gasteiger partial charge in [0.2, 0.25) is 0 Å². The van der Waals surface area contributed by atoms with Crippen LogP contribution in [-0.2, 0) is 17.7 Å². The molecular formula is C18H20N4O3. The molecule has 3 rings (SSSR count). The quantitative estimate of drug-likeness (QED) is 0.621. The number of nitrogens with zero attached hydrogens (tertiary/aromatic N) is 1. The Kier molecular flexibility index (Phi) is 4.56. The summed E-state index contributed by atoms with van der Waals surface area (Å²) in [6.45, 7) is 4.04. The van der Waals surface area contributed by atoms with Crippen LogP contribution in [0.25, 0.3) is 11.0 Å². The van der Waals surface area contributed by atoms with Crippen LogP contribution >= 0.6 is 0 Å². The smallest absolute Gasteiger partial charge is 0.339 e. The van der Waals surface area contributed by atoms with Crippen molar-refractivity contribution in [2.75, 3.05) is 7.11 Å². The molecule has 0 saturated heterocycles. The minimum atomic E-state index is -0.436. The van der Waals surface area contributed by atoms with E-state index in [1.54, 1.807) is 13.3 Å². The van der Waals surface area contributed by atoms with Gasteiger partial charge in [-0.05, 0) is 36.6 Å². The summed E-state index contributed by atoms with van der Waals surface area (Å²) in [6, 6.07) is 5.77. The zero-order valence-corrected chi connectivity index (χ0v) is 14.4. The van der Waals surface area contributed by atoms with E-state index in [0.717, 1.165) is 16.6 Å². The Hall–Kier alpha value is -3.09. The van der Waals surface area contributed by atoms with Crippen LogP contribution in [0.5, 0.6) is 0 Å². The number of nitrogens with one attached hydrogen (secondary N) is 3. The van der Waals surface area contributed by atoms with Gasteiger partial charge in [0.05, 0.1) is 30.0 Å². The monoisotopic (exact) mass is 340 g/mol. The number of esters is 1. The largest absolute Gasteiger partial charge is 0.465 e. The van der Waals surface area contributed by atoms with E-state index in [4.69, 9.17) is 4.74 Å². The molecule has 2 heterocycles. The van der Waals surface area contributed by atoms with Crippen molar-refractivity contribution >= 4 is 22.9 Å². The van der Waals surface area contributed by atoms with Gasteiger partial charge in [-0.25, -0.2) is 9.78 Å². The number of amides is 1. The predicted octanol–water partition coefficient (Wildman–Crippen LogP) is 2.48. The second-order valence-corrected chi connectivity index (χ2v) is 5.76. The Morgan fingerprint density at radius 1 is 1.32 bits per heavy atom. The summed E-state index contributed by atoms with van der Waals surface area (Å²) in [5.74, 6) is -0.693. The Labute approximate surface area is 144 Å². The van der Waals surface area contributed by atoms with Gasteiger partial charge in [-0.15, -0.1) is 0 Å². The molecule has 0 aliphatic heterocycles. The van der Waals surface area contributed by atoms with Crippen molar-refractivity contribution in [3.8, 4) is 0 Å². The first-order valence-electron chi connectivity index (χ1n) is 8.05. The molecule has 7 heteroatoms. The first-order valence-corrected chi connectivity index (χ1v) is 8.05. The lowest BCUT2D eigenvalue weighted by molar-refractivity contribution is 0.0599. The van der Waals surface area contributed by atoms with Crippen LogP contribution in [0.4, 0.5) is 0 Å². The van der Waals surface area contributed by atoms with Gasteiger partial charge in [-0.2, -0.15) is 0 Å². The predicted molar refractivity (Wildman–Crippen MR) is 93.5 cm³/mol. The summed E-state index contributed by atoms with van der Waals surface area (Å²) in [6.07, 6.45) is 2.24. The lowest BCUT2D eigenvalue weighted by Crippen LogP contribution is -2.24. The number of benzene rings is 1. The van der Waals surface area contributed by atoms with E-state index in [-0.39, 0.29) is 5.91 Å². The van der Waals surface area contributed by atoms with Gasteiger partial charge in [0.1, 0.15) is 5.69 Å². The molecule has 1 amide bonds. The van der Waals surface area contributed by atoms with E-state index in [0.29, 0.717) is 35.5 Å². The van der Waals surface area contributed by atoms with Crippen molar-refractivity contribution in [1.82, 2.24) is 20.3 Å². The van der Waals surface area contributed by atoms with Crippen LogP contribution < -0.4 is 5.32 Å². The molecule has 0 unspecified atom stereocenters. The molecule has 0 fully saturated rings. The van der Waals surface area contributed by atoms with Crippen LogP contribution in [0, 0.1) is 6.92 Å². The van der Waals surface area contributed by atoms with Gasteiger partial charge >= 0.3 is 5.97 Å². The number of aromatic amines is 2. The highest BCUT2D eigenvalue weighted by Gasteiger charge is 2.23. The highest BCUT2D eigenvalue weighted by molar-refractivity contribution is 6.00. The summed E-state index contributed by atoms with van der Waals surface area (Å²) in [7, 11) is 1.33. The number of methoxy groups -OCH3 is 1. The maximum Gasteiger partial charge on any atom is 0.339 e. The SMILES string of the molecule is CCc1[nH]c(C(=O)NCc2ccc3nc[nH]c3c2)c(C)c1C(=O)OC. The van der Waals surface area contributed by atoms with E-state index in [9.17, 15) is 9.59 Å². The van der Waals surface area contributed by atoms with Gasteiger partial charge in [-0.1, -0.05) is 13.0 Å². The van der Waals surface area contributed by atoms with Crippen LogP contribution in [0.1, 0.15) is 44.6 Å². The van der Waals surface area contributed by atoms with E-state index in [2.05, 4.69) is 20.3 Å². The normalized spacial score (nSPS) is 10.8. The van der Waals surface area contributed by atoms with Crippen molar-refractivity contribution in [3.05, 3.63) is 52.6 Å². The average molecular weight is 340 g/mol. The number of H-pyrrole nitrogens is 2. The number of imidazole rings is 1. The van der Waals surface area contributed by atoms with Gasteiger partial charge < -0.3 is 20.0 Å². The highest BCUT2D eigenvalue weighted by atomic mass is 16.5. The minimum absolute atomic E-state index is 0.257. The highest BCUT2D eigenvalue weighted by Crippen LogP contribution is 2.20. The summed E-state index contributed by atoms with van der Waals surface area (Å²) in [5, 5.41) is 2.88. The van der Waals surface area contributed by atoms with Crippen molar-refractivity contribution in [2.24, 2.45) is 0 Å². The van der Waals surface area contributed by atoms with Crippen LogP contribution in [0.15, 0.2) is 24.5 Å². The molecule has 0 spiro atoms. The molecule has 3 N–H and O–H groups in total. The third kappa shape index (κ3) is 3.13. The van der Waals surface area contributed by atoms with E-state index in [1.807, 2.05) is 25.1 Å². The number of aryl methyl sites for hydroxylation is 1. The van der Waals surface area contributed by atoms with Gasteiger partial charge in [0, 0.05) is 12.2 Å². The number of aromatic nitrogens is 3. The molecule has 0 aliphatic rings. The molecule has 25 heavy (non-hydrogen) atoms. The summed E-state index contributed by atoms with van der Waals surface area (Å²) >= 11 is 0. The molecule has 0 aliphatic carbocycles. The molecule has 0 atom stereocenters. The van der Waals surface area contributed by atoms with Crippen LogP contribution in [0.3, 0.4) is 0 Å². The van der Waals surface area contributed by atoms with E-state index < -0.39 is 5.97 Å². The van der Waals surface area contributed by atoms with Crippen molar-refractivity contribution in [1.29, 1.82) is 0 Å². The minimum Gasteiger partial charge on any atom is -0.465 e. The van der Waals surface area contributed by atoms with Crippen molar-refractivity contribution < 1.29 is 14.3 Å². The molecule has 0 saturated carbocycles. The average Bonchev–Trinajstić information content (AvgIpc) is 3.22. The van der Waals surface area contributed by atoms with Gasteiger partial charge in [-0.3, -0.25) is 4.79 Å². The lowest BCUT2D eigenvalue weighted by atomic mass is 10.1. The second kappa shape index (κ2) is 6.80. The van der Waals surface area contributed by atoms with Crippen LogP contribution in [0.2, 0.25) is 0 Å². The molecule has 1 aromatic carbocycles. The Morgan fingerprint density at radius 2 is 2.12 bits per heavy atom. The maximum absolute atomic E-state index is 12.5. The molecule has 3 aromatic rings. The van der Waals surface area contributed by atoms with E-state index in [1.165, 1.54) is 7.11 Å². The topological polar surface area (TPSA) is 99.9 Å². The molecular weight excluding hydrogens is 320 g/mol. The lowest BCUT2D eigenvalue weighted by Gasteiger charge is -2.05. The molecule has 0 bridgehead atoms. The Morgan fingerprint density at radius 3 is 2.84 bits per heavy atom. The third-order valence-electron chi connectivity index (χ3n) is 4.24. The molecule has 7 nitrogen and oxygen atoms in total. The number of carbonyl (C=O) groups excluding carboxylic acids is 2.